The number of hydrogen-bond acceptors (Lipinski definition) is 1. The number of ketones is 1. The lowest BCUT2D eigenvalue weighted by molar-refractivity contribution is 0.103. The fourth-order valence-electron chi connectivity index (χ4n) is 2.39. The molecule has 20 heavy (non-hydrogen) atoms. The summed E-state index contributed by atoms with van der Waals surface area (Å²) in [6, 6.07) is 10.3. The lowest BCUT2D eigenvalue weighted by Crippen LogP contribution is -2.04. The van der Waals surface area contributed by atoms with Crippen molar-refractivity contribution < 1.29 is 9.18 Å². The molecule has 0 bridgehead atoms. The molecule has 0 amide bonds. The molecule has 0 N–H and O–H groups in total. The summed E-state index contributed by atoms with van der Waals surface area (Å²) in [5, 5.41) is 0. The predicted molar refractivity (Wildman–Crippen MR) is 79.8 cm³/mol. The normalized spacial score (nSPS) is 10.6. The molecule has 2 aromatic rings. The molecule has 0 fully saturated rings. The summed E-state index contributed by atoms with van der Waals surface area (Å²) in [5.74, 6) is -0.331. The summed E-state index contributed by atoms with van der Waals surface area (Å²) in [7, 11) is 0. The molecule has 0 radical (unpaired) electrons. The third kappa shape index (κ3) is 2.79. The van der Waals surface area contributed by atoms with Gasteiger partial charge in [0.25, 0.3) is 0 Å². The molecule has 104 valence electrons. The van der Waals surface area contributed by atoms with Crippen LogP contribution < -0.4 is 0 Å². The highest BCUT2D eigenvalue weighted by Gasteiger charge is 2.12. The maximum absolute atomic E-state index is 13.3. The summed E-state index contributed by atoms with van der Waals surface area (Å²) in [6.07, 6.45) is 1.88. The van der Waals surface area contributed by atoms with Crippen LogP contribution in [0.4, 0.5) is 4.39 Å². The number of carbonyl (C=O) groups excluding carboxylic acids is 1. The molecule has 0 unspecified atom stereocenters. The van der Waals surface area contributed by atoms with Gasteiger partial charge in [0.2, 0.25) is 0 Å². The minimum Gasteiger partial charge on any atom is -0.289 e. The summed E-state index contributed by atoms with van der Waals surface area (Å²) in [5.41, 5.74) is 4.19. The quantitative estimate of drug-likeness (QED) is 0.748. The number of aryl methyl sites for hydroxylation is 3. The Morgan fingerprint density at radius 2 is 1.55 bits per heavy atom. The van der Waals surface area contributed by atoms with Crippen LogP contribution in [-0.2, 0) is 12.8 Å². The van der Waals surface area contributed by atoms with Gasteiger partial charge in [-0.2, -0.15) is 0 Å². The topological polar surface area (TPSA) is 17.1 Å². The third-order valence-electron chi connectivity index (χ3n) is 3.65. The minimum atomic E-state index is -0.280. The number of carbonyl (C=O) groups is 1. The Labute approximate surface area is 119 Å². The summed E-state index contributed by atoms with van der Waals surface area (Å²) >= 11 is 0. The van der Waals surface area contributed by atoms with Crippen molar-refractivity contribution in [1.82, 2.24) is 0 Å². The second-order valence-electron chi connectivity index (χ2n) is 4.98. The first kappa shape index (κ1) is 14.4. The molecular formula is C18H19FO. The molecule has 2 heteroatoms. The van der Waals surface area contributed by atoms with Gasteiger partial charge in [0, 0.05) is 11.1 Å². The zero-order valence-electron chi connectivity index (χ0n) is 12.2. The molecule has 0 aliphatic heterocycles. The Kier molecular flexibility index (Phi) is 4.33. The molecule has 0 aliphatic rings. The van der Waals surface area contributed by atoms with Crippen molar-refractivity contribution in [3.63, 3.8) is 0 Å². The second kappa shape index (κ2) is 6.00. The summed E-state index contributed by atoms with van der Waals surface area (Å²) in [6.45, 7) is 5.87. The third-order valence-corrected chi connectivity index (χ3v) is 3.65. The molecule has 0 saturated heterocycles. The average Bonchev–Trinajstić information content (AvgIpc) is 2.48. The van der Waals surface area contributed by atoms with Crippen molar-refractivity contribution in [1.29, 1.82) is 0 Å². The highest BCUT2D eigenvalue weighted by molar-refractivity contribution is 6.09. The first-order valence-corrected chi connectivity index (χ1v) is 6.99. The molecule has 2 rings (SSSR count). The van der Waals surface area contributed by atoms with Crippen molar-refractivity contribution in [2.45, 2.75) is 33.6 Å². The van der Waals surface area contributed by atoms with Gasteiger partial charge in [-0.15, -0.1) is 0 Å². The van der Waals surface area contributed by atoms with Crippen LogP contribution >= 0.6 is 0 Å². The standard InChI is InChI=1S/C18H19FO/c1-4-13-6-7-16(11-14(13)5-2)18(20)15-8-9-17(19)12(3)10-15/h6-11H,4-5H2,1-3H3. The van der Waals surface area contributed by atoms with E-state index in [-0.39, 0.29) is 11.6 Å². The molecule has 0 aromatic heterocycles. The molecule has 2 aromatic carbocycles. The second-order valence-corrected chi connectivity index (χ2v) is 4.98. The molecular weight excluding hydrogens is 251 g/mol. The van der Waals surface area contributed by atoms with Gasteiger partial charge in [0.05, 0.1) is 0 Å². The van der Waals surface area contributed by atoms with E-state index in [2.05, 4.69) is 13.8 Å². The van der Waals surface area contributed by atoms with Crippen LogP contribution in [0.15, 0.2) is 36.4 Å². The molecule has 0 atom stereocenters. The van der Waals surface area contributed by atoms with E-state index in [9.17, 15) is 9.18 Å². The van der Waals surface area contributed by atoms with Crippen molar-refractivity contribution in [3.8, 4) is 0 Å². The van der Waals surface area contributed by atoms with Crippen LogP contribution in [0.1, 0.15) is 46.5 Å². The largest absolute Gasteiger partial charge is 0.289 e. The van der Waals surface area contributed by atoms with E-state index in [1.54, 1.807) is 19.1 Å². The molecule has 0 heterocycles. The first-order chi connectivity index (χ1) is 9.56. The molecule has 0 saturated carbocycles. The number of benzene rings is 2. The van der Waals surface area contributed by atoms with Gasteiger partial charge in [-0.3, -0.25) is 4.79 Å². The van der Waals surface area contributed by atoms with E-state index >= 15 is 0 Å². The number of halogens is 1. The van der Waals surface area contributed by atoms with Crippen molar-refractivity contribution in [3.05, 3.63) is 70.0 Å². The monoisotopic (exact) mass is 270 g/mol. The van der Waals surface area contributed by atoms with Crippen LogP contribution in [0.3, 0.4) is 0 Å². The van der Waals surface area contributed by atoms with Gasteiger partial charge < -0.3 is 0 Å². The average molecular weight is 270 g/mol. The van der Waals surface area contributed by atoms with Gasteiger partial charge in [-0.1, -0.05) is 26.0 Å². The predicted octanol–water partition coefficient (Wildman–Crippen LogP) is 4.49. The van der Waals surface area contributed by atoms with Crippen molar-refractivity contribution >= 4 is 5.78 Å². The van der Waals surface area contributed by atoms with Gasteiger partial charge in [-0.25, -0.2) is 4.39 Å². The molecule has 0 aliphatic carbocycles. The van der Waals surface area contributed by atoms with E-state index in [0.717, 1.165) is 12.8 Å². The zero-order valence-corrected chi connectivity index (χ0v) is 12.2. The SMILES string of the molecule is CCc1ccc(C(=O)c2ccc(F)c(C)c2)cc1CC. The Hall–Kier alpha value is -1.96. The maximum Gasteiger partial charge on any atom is 0.193 e. The Balaban J connectivity index is 2.40. The van der Waals surface area contributed by atoms with E-state index in [4.69, 9.17) is 0 Å². The Morgan fingerprint density at radius 3 is 2.15 bits per heavy atom. The van der Waals surface area contributed by atoms with Crippen LogP contribution in [0.5, 0.6) is 0 Å². The highest BCUT2D eigenvalue weighted by atomic mass is 19.1. The minimum absolute atomic E-state index is 0.0505. The van der Waals surface area contributed by atoms with Crippen LogP contribution in [0, 0.1) is 12.7 Å². The van der Waals surface area contributed by atoms with E-state index in [1.165, 1.54) is 17.2 Å². The number of rotatable bonds is 4. The van der Waals surface area contributed by atoms with Crippen LogP contribution in [0.25, 0.3) is 0 Å². The summed E-state index contributed by atoms with van der Waals surface area (Å²) in [4.78, 5) is 12.5. The maximum atomic E-state index is 13.3. The van der Waals surface area contributed by atoms with E-state index in [0.29, 0.717) is 16.7 Å². The number of hydrogen-bond donors (Lipinski definition) is 0. The van der Waals surface area contributed by atoms with Gasteiger partial charge in [-0.05, 0) is 60.7 Å². The van der Waals surface area contributed by atoms with Gasteiger partial charge >= 0.3 is 0 Å². The van der Waals surface area contributed by atoms with Crippen LogP contribution in [-0.4, -0.2) is 5.78 Å². The van der Waals surface area contributed by atoms with E-state index in [1.807, 2.05) is 18.2 Å². The molecule has 1 nitrogen and oxygen atoms in total. The summed E-state index contributed by atoms with van der Waals surface area (Å²) < 4.78 is 13.3. The fraction of sp³-hybridized carbons (Fsp3) is 0.278. The van der Waals surface area contributed by atoms with E-state index < -0.39 is 0 Å². The fourth-order valence-corrected chi connectivity index (χ4v) is 2.39. The highest BCUT2D eigenvalue weighted by Crippen LogP contribution is 2.18. The lowest BCUT2D eigenvalue weighted by atomic mass is 9.95. The smallest absolute Gasteiger partial charge is 0.193 e. The Morgan fingerprint density at radius 1 is 0.950 bits per heavy atom. The Bertz CT molecular complexity index is 644. The first-order valence-electron chi connectivity index (χ1n) is 6.99. The van der Waals surface area contributed by atoms with Gasteiger partial charge in [0.1, 0.15) is 5.82 Å². The van der Waals surface area contributed by atoms with Gasteiger partial charge in [0.15, 0.2) is 5.78 Å². The van der Waals surface area contributed by atoms with Crippen LogP contribution in [0.2, 0.25) is 0 Å². The van der Waals surface area contributed by atoms with Crippen molar-refractivity contribution in [2.75, 3.05) is 0 Å². The zero-order chi connectivity index (χ0) is 14.7. The van der Waals surface area contributed by atoms with Crippen molar-refractivity contribution in [2.24, 2.45) is 0 Å². The lowest BCUT2D eigenvalue weighted by Gasteiger charge is -2.09. The molecule has 0 spiro atoms.